The number of hydrogen-bond acceptors (Lipinski definition) is 8. The number of carbonyl (C=O) groups excluding carboxylic acids is 2. The number of aromatic nitrogens is 2. The Morgan fingerprint density at radius 1 is 1.18 bits per heavy atom. The number of thiophene rings is 1. The summed E-state index contributed by atoms with van der Waals surface area (Å²) in [5, 5.41) is 13.6. The van der Waals surface area contributed by atoms with E-state index in [4.69, 9.17) is 10.2 Å². The molecule has 11 heteroatoms. The van der Waals surface area contributed by atoms with E-state index in [2.05, 4.69) is 15.3 Å². The lowest BCUT2D eigenvalue weighted by Crippen LogP contribution is -2.27. The average molecular weight is 538 g/mol. The number of amides is 2. The van der Waals surface area contributed by atoms with Crippen LogP contribution in [0.15, 0.2) is 46.9 Å². The van der Waals surface area contributed by atoms with E-state index in [-0.39, 0.29) is 29.3 Å². The van der Waals surface area contributed by atoms with Gasteiger partial charge in [0.2, 0.25) is 0 Å². The summed E-state index contributed by atoms with van der Waals surface area (Å²) >= 11 is 1.12. The number of oxazole rings is 1. The quantitative estimate of drug-likeness (QED) is 0.291. The zero-order chi connectivity index (χ0) is 27.8. The zero-order valence-corrected chi connectivity index (χ0v) is 22.4. The first kappa shape index (κ1) is 27.0. The molecular weight excluding hydrogens is 509 g/mol. The van der Waals surface area contributed by atoms with E-state index in [1.54, 1.807) is 65.1 Å². The van der Waals surface area contributed by atoms with Gasteiger partial charge in [-0.15, -0.1) is 11.3 Å². The molecule has 0 aliphatic heterocycles. The molecule has 3 heterocycles. The van der Waals surface area contributed by atoms with E-state index in [0.29, 0.717) is 38.6 Å². The SMILES string of the molecule is Cc1nc(CN(C)C(=O)c2cccc(Nc3sc(-c4ccc(C(C)(C)O)cc4F)cc3C(N)=O)n2)c(C)o1. The Balaban J connectivity index is 1.59. The molecule has 0 aliphatic rings. The molecule has 0 saturated carbocycles. The highest BCUT2D eigenvalue weighted by Gasteiger charge is 2.22. The highest BCUT2D eigenvalue weighted by atomic mass is 32.1. The molecule has 38 heavy (non-hydrogen) atoms. The minimum absolute atomic E-state index is 0.156. The minimum atomic E-state index is -1.20. The summed E-state index contributed by atoms with van der Waals surface area (Å²) in [4.78, 5) is 35.8. The van der Waals surface area contributed by atoms with Crippen LogP contribution in [0.3, 0.4) is 0 Å². The van der Waals surface area contributed by atoms with E-state index in [1.165, 1.54) is 17.0 Å². The van der Waals surface area contributed by atoms with Crippen molar-refractivity contribution >= 4 is 34.0 Å². The summed E-state index contributed by atoms with van der Waals surface area (Å²) in [6, 6.07) is 10.8. The van der Waals surface area contributed by atoms with Crippen LogP contribution >= 0.6 is 11.3 Å². The van der Waals surface area contributed by atoms with Gasteiger partial charge in [-0.05, 0) is 50.6 Å². The van der Waals surface area contributed by atoms with Gasteiger partial charge in [-0.25, -0.2) is 14.4 Å². The second kappa shape index (κ2) is 10.3. The van der Waals surface area contributed by atoms with E-state index >= 15 is 0 Å². The van der Waals surface area contributed by atoms with Crippen LogP contribution < -0.4 is 11.1 Å². The second-order valence-electron chi connectivity index (χ2n) is 9.40. The summed E-state index contributed by atoms with van der Waals surface area (Å²) in [7, 11) is 1.64. The number of aliphatic hydroxyl groups is 1. The summed E-state index contributed by atoms with van der Waals surface area (Å²) in [5.74, 6) is -0.0925. The van der Waals surface area contributed by atoms with E-state index in [9.17, 15) is 19.1 Å². The van der Waals surface area contributed by atoms with Crippen molar-refractivity contribution in [3.05, 3.63) is 82.4 Å². The van der Waals surface area contributed by atoms with Crippen LogP contribution in [0, 0.1) is 19.7 Å². The lowest BCUT2D eigenvalue weighted by molar-refractivity contribution is 0.0773. The van der Waals surface area contributed by atoms with Crippen LogP contribution in [-0.2, 0) is 12.1 Å². The van der Waals surface area contributed by atoms with Crippen LogP contribution in [0.1, 0.15) is 57.6 Å². The fourth-order valence-electron chi connectivity index (χ4n) is 3.85. The molecule has 0 unspecified atom stereocenters. The van der Waals surface area contributed by atoms with Crippen LogP contribution in [0.2, 0.25) is 0 Å². The molecule has 0 saturated heterocycles. The molecular formula is C27H28FN5O4S. The normalized spacial score (nSPS) is 11.4. The average Bonchev–Trinajstić information content (AvgIpc) is 3.40. The Morgan fingerprint density at radius 2 is 1.92 bits per heavy atom. The number of nitrogens with two attached hydrogens (primary N) is 1. The third-order valence-electron chi connectivity index (χ3n) is 5.88. The van der Waals surface area contributed by atoms with Gasteiger partial charge in [0, 0.05) is 24.4 Å². The predicted octanol–water partition coefficient (Wildman–Crippen LogP) is 4.90. The van der Waals surface area contributed by atoms with Crippen molar-refractivity contribution < 1.29 is 23.5 Å². The standard InChI is InChI=1S/C27H28FN5O4S/c1-14-21(30-15(2)37-14)13-33(5)26(35)20-7-6-8-23(31-20)32-25-18(24(29)34)12-22(38-25)17-10-9-16(11-19(17)28)27(3,4)36/h6-12,36H,13H2,1-5H3,(H2,29,34)(H,31,32). The number of nitrogens with zero attached hydrogens (tertiary/aromatic N) is 3. The number of anilines is 2. The molecule has 0 atom stereocenters. The van der Waals surface area contributed by atoms with E-state index in [1.807, 2.05) is 0 Å². The number of primary amides is 1. The second-order valence-corrected chi connectivity index (χ2v) is 10.5. The molecule has 0 spiro atoms. The van der Waals surface area contributed by atoms with Gasteiger partial charge in [-0.1, -0.05) is 18.2 Å². The molecule has 3 aromatic heterocycles. The summed E-state index contributed by atoms with van der Waals surface area (Å²) in [6.45, 7) is 6.92. The van der Waals surface area contributed by atoms with Gasteiger partial charge >= 0.3 is 0 Å². The molecule has 0 radical (unpaired) electrons. The number of halogens is 1. The van der Waals surface area contributed by atoms with Gasteiger partial charge in [0.25, 0.3) is 11.8 Å². The van der Waals surface area contributed by atoms with E-state index < -0.39 is 17.3 Å². The number of rotatable bonds is 8. The van der Waals surface area contributed by atoms with Crippen molar-refractivity contribution in [2.75, 3.05) is 12.4 Å². The maximum atomic E-state index is 14.9. The number of pyridine rings is 1. The molecule has 4 N–H and O–H groups in total. The van der Waals surface area contributed by atoms with Gasteiger partial charge in [0.1, 0.15) is 33.8 Å². The predicted molar refractivity (Wildman–Crippen MR) is 143 cm³/mol. The molecule has 1 aromatic carbocycles. The molecule has 198 valence electrons. The summed E-state index contributed by atoms with van der Waals surface area (Å²) in [5.41, 5.74) is 6.07. The summed E-state index contributed by atoms with van der Waals surface area (Å²) < 4.78 is 20.4. The van der Waals surface area contributed by atoms with Crippen LogP contribution in [0.5, 0.6) is 0 Å². The first-order valence-corrected chi connectivity index (χ1v) is 12.5. The molecule has 2 amide bonds. The lowest BCUT2D eigenvalue weighted by atomic mass is 9.96. The molecule has 4 rings (SSSR count). The Kier molecular flexibility index (Phi) is 7.34. The lowest BCUT2D eigenvalue weighted by Gasteiger charge is -2.18. The maximum Gasteiger partial charge on any atom is 0.272 e. The van der Waals surface area contributed by atoms with Crippen LogP contribution in [-0.4, -0.2) is 38.8 Å². The number of carbonyl (C=O) groups is 2. The van der Waals surface area contributed by atoms with Crippen molar-refractivity contribution in [1.82, 2.24) is 14.9 Å². The van der Waals surface area contributed by atoms with E-state index in [0.717, 1.165) is 11.3 Å². The number of benzene rings is 1. The molecule has 9 nitrogen and oxygen atoms in total. The molecule has 0 bridgehead atoms. The highest BCUT2D eigenvalue weighted by molar-refractivity contribution is 7.20. The molecule has 4 aromatic rings. The van der Waals surface area contributed by atoms with Crippen molar-refractivity contribution in [1.29, 1.82) is 0 Å². The molecule has 0 aliphatic carbocycles. The van der Waals surface area contributed by atoms with Gasteiger partial charge in [-0.3, -0.25) is 9.59 Å². The monoisotopic (exact) mass is 537 g/mol. The van der Waals surface area contributed by atoms with Gasteiger partial charge < -0.3 is 25.5 Å². The largest absolute Gasteiger partial charge is 0.446 e. The van der Waals surface area contributed by atoms with Crippen molar-refractivity contribution in [2.24, 2.45) is 5.73 Å². The van der Waals surface area contributed by atoms with Gasteiger partial charge in [0.05, 0.1) is 17.7 Å². The van der Waals surface area contributed by atoms with Crippen LogP contribution in [0.4, 0.5) is 15.2 Å². The van der Waals surface area contributed by atoms with Gasteiger partial charge in [-0.2, -0.15) is 0 Å². The fourth-order valence-corrected chi connectivity index (χ4v) is 4.94. The van der Waals surface area contributed by atoms with Gasteiger partial charge in [0.15, 0.2) is 5.89 Å². The first-order valence-electron chi connectivity index (χ1n) is 11.7. The molecule has 0 fully saturated rings. The Labute approximate surface area is 223 Å². The highest BCUT2D eigenvalue weighted by Crippen LogP contribution is 2.38. The Hall–Kier alpha value is -4.09. The topological polar surface area (TPSA) is 135 Å². The van der Waals surface area contributed by atoms with Crippen molar-refractivity contribution in [3.63, 3.8) is 0 Å². The van der Waals surface area contributed by atoms with Crippen molar-refractivity contribution in [2.45, 2.75) is 39.8 Å². The third-order valence-corrected chi connectivity index (χ3v) is 6.97. The smallest absolute Gasteiger partial charge is 0.272 e. The fraction of sp³-hybridized carbons (Fsp3) is 0.259. The number of aryl methyl sites for hydroxylation is 2. The third kappa shape index (κ3) is 5.74. The maximum absolute atomic E-state index is 14.9. The van der Waals surface area contributed by atoms with Crippen LogP contribution in [0.25, 0.3) is 10.4 Å². The summed E-state index contributed by atoms with van der Waals surface area (Å²) in [6.07, 6.45) is 0. The first-order chi connectivity index (χ1) is 17.8. The Bertz CT molecular complexity index is 1520. The zero-order valence-electron chi connectivity index (χ0n) is 21.6. The minimum Gasteiger partial charge on any atom is -0.446 e. The number of hydrogen-bond donors (Lipinski definition) is 3. The Morgan fingerprint density at radius 3 is 2.53 bits per heavy atom. The van der Waals surface area contributed by atoms with Crippen molar-refractivity contribution in [3.8, 4) is 10.4 Å². The number of nitrogens with one attached hydrogen (secondary N) is 1.